The van der Waals surface area contributed by atoms with E-state index in [1.54, 1.807) is 0 Å². The molecule has 1 aliphatic carbocycles. The molecule has 0 bridgehead atoms. The minimum atomic E-state index is 0.254. The third-order valence-corrected chi connectivity index (χ3v) is 4.50. The number of hydrogen-bond donors (Lipinski definition) is 2. The van der Waals surface area contributed by atoms with Crippen LogP contribution in [0.1, 0.15) is 49.4 Å². The van der Waals surface area contributed by atoms with Gasteiger partial charge in [-0.3, -0.25) is 16.3 Å². The molecule has 3 N–H and O–H groups in total. The summed E-state index contributed by atoms with van der Waals surface area (Å²) in [6.07, 6.45) is 6.60. The minimum Gasteiger partial charge on any atom is -0.271 e. The van der Waals surface area contributed by atoms with E-state index in [1.165, 1.54) is 36.6 Å². The van der Waals surface area contributed by atoms with Crippen LogP contribution in [0.25, 0.3) is 10.9 Å². The maximum Gasteiger partial charge on any atom is 0.0705 e. The Morgan fingerprint density at radius 3 is 2.80 bits per heavy atom. The van der Waals surface area contributed by atoms with Crippen molar-refractivity contribution in [3.05, 3.63) is 41.6 Å². The molecule has 1 aromatic heterocycles. The van der Waals surface area contributed by atoms with Crippen LogP contribution in [-0.2, 0) is 0 Å². The summed E-state index contributed by atoms with van der Waals surface area (Å²) in [5.41, 5.74) is 6.40. The van der Waals surface area contributed by atoms with Gasteiger partial charge in [-0.2, -0.15) is 0 Å². The normalized spacial score (nSPS) is 17.7. The standard InChI is InChI=1S/C17H23N3/c1-12-6-7-14-11-15(8-9-16(14)19-12)17(20-18)10-13-4-2-3-5-13/h6-9,11,13,17,20H,2-5,10,18H2,1H3. The Morgan fingerprint density at radius 1 is 1.25 bits per heavy atom. The lowest BCUT2D eigenvalue weighted by atomic mass is 9.93. The first-order valence-electron chi connectivity index (χ1n) is 7.59. The molecule has 0 radical (unpaired) electrons. The number of fused-ring (bicyclic) bond motifs is 1. The summed E-state index contributed by atoms with van der Waals surface area (Å²) >= 11 is 0. The van der Waals surface area contributed by atoms with Crippen molar-refractivity contribution in [1.82, 2.24) is 10.4 Å². The number of nitrogens with two attached hydrogens (primary N) is 1. The fourth-order valence-electron chi connectivity index (χ4n) is 3.34. The maximum atomic E-state index is 5.79. The first-order chi connectivity index (χ1) is 9.76. The van der Waals surface area contributed by atoms with Crippen molar-refractivity contribution in [2.45, 2.75) is 45.1 Å². The molecule has 1 aromatic carbocycles. The Kier molecular flexibility index (Phi) is 3.99. The Hall–Kier alpha value is -1.45. The first-order valence-corrected chi connectivity index (χ1v) is 7.59. The number of rotatable bonds is 4. The van der Waals surface area contributed by atoms with Gasteiger partial charge >= 0.3 is 0 Å². The van der Waals surface area contributed by atoms with Crippen molar-refractivity contribution in [2.75, 3.05) is 0 Å². The zero-order valence-corrected chi connectivity index (χ0v) is 12.1. The quantitative estimate of drug-likeness (QED) is 0.658. The summed E-state index contributed by atoms with van der Waals surface area (Å²) in [4.78, 5) is 4.55. The Bertz CT molecular complexity index is 588. The fourth-order valence-corrected chi connectivity index (χ4v) is 3.34. The van der Waals surface area contributed by atoms with E-state index in [0.29, 0.717) is 0 Å². The molecule has 1 unspecified atom stereocenters. The van der Waals surface area contributed by atoms with Gasteiger partial charge in [-0.05, 0) is 43.0 Å². The van der Waals surface area contributed by atoms with E-state index in [1.807, 2.05) is 6.92 Å². The highest BCUT2D eigenvalue weighted by Gasteiger charge is 2.20. The molecule has 0 saturated heterocycles. The summed E-state index contributed by atoms with van der Waals surface area (Å²) in [6, 6.07) is 11.0. The Morgan fingerprint density at radius 2 is 2.05 bits per heavy atom. The highest BCUT2D eigenvalue weighted by atomic mass is 15.2. The topological polar surface area (TPSA) is 50.9 Å². The number of hydrogen-bond acceptors (Lipinski definition) is 3. The molecule has 2 aromatic rings. The lowest BCUT2D eigenvalue weighted by molar-refractivity contribution is 0.400. The van der Waals surface area contributed by atoms with Crippen LogP contribution in [0.4, 0.5) is 0 Å². The molecule has 1 atom stereocenters. The van der Waals surface area contributed by atoms with E-state index in [4.69, 9.17) is 5.84 Å². The summed E-state index contributed by atoms with van der Waals surface area (Å²) in [5, 5.41) is 1.19. The molecule has 1 heterocycles. The summed E-state index contributed by atoms with van der Waals surface area (Å²) < 4.78 is 0. The number of pyridine rings is 1. The number of aryl methyl sites for hydroxylation is 1. The van der Waals surface area contributed by atoms with Crippen molar-refractivity contribution < 1.29 is 0 Å². The largest absolute Gasteiger partial charge is 0.271 e. The highest BCUT2D eigenvalue weighted by molar-refractivity contribution is 5.79. The van der Waals surface area contributed by atoms with Crippen molar-refractivity contribution >= 4 is 10.9 Å². The molecule has 3 rings (SSSR count). The smallest absolute Gasteiger partial charge is 0.0705 e. The molecule has 106 valence electrons. The molecular weight excluding hydrogens is 246 g/mol. The van der Waals surface area contributed by atoms with Gasteiger partial charge in [0.2, 0.25) is 0 Å². The monoisotopic (exact) mass is 269 g/mol. The van der Waals surface area contributed by atoms with Gasteiger partial charge in [0.1, 0.15) is 0 Å². The van der Waals surface area contributed by atoms with Crippen molar-refractivity contribution in [1.29, 1.82) is 0 Å². The molecule has 0 spiro atoms. The molecule has 1 fully saturated rings. The van der Waals surface area contributed by atoms with E-state index < -0.39 is 0 Å². The third-order valence-electron chi connectivity index (χ3n) is 4.50. The van der Waals surface area contributed by atoms with E-state index in [0.717, 1.165) is 23.5 Å². The van der Waals surface area contributed by atoms with Crippen molar-refractivity contribution in [2.24, 2.45) is 11.8 Å². The molecule has 0 amide bonds. The number of hydrazine groups is 1. The average Bonchev–Trinajstić information content (AvgIpc) is 2.97. The van der Waals surface area contributed by atoms with Crippen LogP contribution in [-0.4, -0.2) is 4.98 Å². The van der Waals surface area contributed by atoms with Crippen LogP contribution in [0, 0.1) is 12.8 Å². The van der Waals surface area contributed by atoms with Crippen molar-refractivity contribution in [3.8, 4) is 0 Å². The lowest BCUT2D eigenvalue weighted by Crippen LogP contribution is -2.29. The zero-order chi connectivity index (χ0) is 13.9. The second kappa shape index (κ2) is 5.90. The van der Waals surface area contributed by atoms with E-state index >= 15 is 0 Å². The molecule has 3 nitrogen and oxygen atoms in total. The van der Waals surface area contributed by atoms with Gasteiger partial charge < -0.3 is 0 Å². The van der Waals surface area contributed by atoms with Gasteiger partial charge in [-0.1, -0.05) is 37.8 Å². The second-order valence-electron chi connectivity index (χ2n) is 6.01. The Labute approximate surface area is 120 Å². The van der Waals surface area contributed by atoms with Gasteiger partial charge in [0.25, 0.3) is 0 Å². The molecule has 20 heavy (non-hydrogen) atoms. The maximum absolute atomic E-state index is 5.79. The average molecular weight is 269 g/mol. The summed E-state index contributed by atoms with van der Waals surface area (Å²) in [5.74, 6) is 6.61. The van der Waals surface area contributed by atoms with Gasteiger partial charge in [0.15, 0.2) is 0 Å². The minimum absolute atomic E-state index is 0.254. The van der Waals surface area contributed by atoms with Crippen LogP contribution in [0.15, 0.2) is 30.3 Å². The SMILES string of the molecule is Cc1ccc2cc(C(CC3CCCC3)NN)ccc2n1. The molecule has 1 saturated carbocycles. The van der Waals surface area contributed by atoms with Crippen LogP contribution < -0.4 is 11.3 Å². The fraction of sp³-hybridized carbons (Fsp3) is 0.471. The van der Waals surface area contributed by atoms with Crippen LogP contribution in [0.2, 0.25) is 0 Å². The number of benzene rings is 1. The van der Waals surface area contributed by atoms with E-state index in [-0.39, 0.29) is 6.04 Å². The van der Waals surface area contributed by atoms with Gasteiger partial charge in [-0.25, -0.2) is 0 Å². The predicted molar refractivity (Wildman–Crippen MR) is 83.1 cm³/mol. The molecule has 0 aliphatic heterocycles. The van der Waals surface area contributed by atoms with Crippen LogP contribution in [0.3, 0.4) is 0 Å². The number of aromatic nitrogens is 1. The van der Waals surface area contributed by atoms with Gasteiger partial charge in [0.05, 0.1) is 5.52 Å². The third kappa shape index (κ3) is 2.84. The van der Waals surface area contributed by atoms with Crippen LogP contribution in [0.5, 0.6) is 0 Å². The van der Waals surface area contributed by atoms with Gasteiger partial charge in [0, 0.05) is 17.1 Å². The first kappa shape index (κ1) is 13.5. The second-order valence-corrected chi connectivity index (χ2v) is 6.01. The zero-order valence-electron chi connectivity index (χ0n) is 12.1. The highest BCUT2D eigenvalue weighted by Crippen LogP contribution is 2.33. The molecular formula is C17H23N3. The number of nitrogens with one attached hydrogen (secondary N) is 1. The predicted octanol–water partition coefficient (Wildman–Crippen LogP) is 3.63. The van der Waals surface area contributed by atoms with Gasteiger partial charge in [-0.15, -0.1) is 0 Å². The summed E-state index contributed by atoms with van der Waals surface area (Å²) in [6.45, 7) is 2.03. The molecule has 1 aliphatic rings. The lowest BCUT2D eigenvalue weighted by Gasteiger charge is -2.20. The number of nitrogens with zero attached hydrogens (tertiary/aromatic N) is 1. The van der Waals surface area contributed by atoms with E-state index in [2.05, 4.69) is 40.7 Å². The molecule has 3 heteroatoms. The Balaban J connectivity index is 1.85. The van der Waals surface area contributed by atoms with Crippen LogP contribution >= 0.6 is 0 Å². The summed E-state index contributed by atoms with van der Waals surface area (Å²) in [7, 11) is 0. The van der Waals surface area contributed by atoms with Crippen molar-refractivity contribution in [3.63, 3.8) is 0 Å². The van der Waals surface area contributed by atoms with E-state index in [9.17, 15) is 0 Å².